The van der Waals surface area contributed by atoms with Gasteiger partial charge in [-0.15, -0.1) is 0 Å². The summed E-state index contributed by atoms with van der Waals surface area (Å²) >= 11 is 0. The Kier molecular flexibility index (Phi) is 13.0. The number of carboxylic acids is 1. The molecular formula is C28H39N5O7. The highest BCUT2D eigenvalue weighted by molar-refractivity contribution is 5.94. The molecule has 0 spiro atoms. The Morgan fingerprint density at radius 3 is 1.77 bits per heavy atom. The summed E-state index contributed by atoms with van der Waals surface area (Å²) in [5.74, 6) is -3.38. The Bertz CT molecular complexity index is 1110. The molecule has 2 aromatic carbocycles. The molecule has 3 amide bonds. The van der Waals surface area contributed by atoms with E-state index in [2.05, 4.69) is 16.0 Å². The highest BCUT2D eigenvalue weighted by Crippen LogP contribution is 2.13. The first-order valence-electron chi connectivity index (χ1n) is 13.1. The number of unbranched alkanes of at least 4 members (excludes halogenated alkanes) is 1. The van der Waals surface area contributed by atoms with Crippen molar-refractivity contribution in [3.05, 3.63) is 65.7 Å². The molecule has 0 bridgehead atoms. The Hall–Kier alpha value is -4.00. The van der Waals surface area contributed by atoms with Crippen molar-refractivity contribution in [3.63, 3.8) is 0 Å². The summed E-state index contributed by atoms with van der Waals surface area (Å²) in [5.41, 5.74) is 12.6. The number of phenolic OH excluding ortho intramolecular Hbond substituents is 1. The molecule has 0 aromatic heterocycles. The monoisotopic (exact) mass is 557 g/mol. The molecule has 5 unspecified atom stereocenters. The van der Waals surface area contributed by atoms with Crippen LogP contribution in [-0.2, 0) is 32.0 Å². The predicted molar refractivity (Wildman–Crippen MR) is 148 cm³/mol. The van der Waals surface area contributed by atoms with Gasteiger partial charge in [0.05, 0.1) is 6.10 Å². The summed E-state index contributed by atoms with van der Waals surface area (Å²) in [6.45, 7) is 1.73. The smallest absolute Gasteiger partial charge is 0.326 e. The van der Waals surface area contributed by atoms with Crippen LogP contribution in [0, 0.1) is 0 Å². The summed E-state index contributed by atoms with van der Waals surface area (Å²) in [7, 11) is 0. The van der Waals surface area contributed by atoms with Crippen molar-refractivity contribution in [3.8, 4) is 5.75 Å². The van der Waals surface area contributed by atoms with Gasteiger partial charge in [-0.05, 0) is 56.0 Å². The van der Waals surface area contributed by atoms with Crippen molar-refractivity contribution in [2.24, 2.45) is 11.5 Å². The molecule has 0 aliphatic rings. The third kappa shape index (κ3) is 10.6. The molecule has 10 N–H and O–H groups in total. The van der Waals surface area contributed by atoms with E-state index in [1.807, 2.05) is 0 Å². The summed E-state index contributed by atoms with van der Waals surface area (Å²) in [4.78, 5) is 51.2. The second-order valence-electron chi connectivity index (χ2n) is 9.63. The Balaban J connectivity index is 2.30. The van der Waals surface area contributed by atoms with Crippen molar-refractivity contribution >= 4 is 23.7 Å². The lowest BCUT2D eigenvalue weighted by Gasteiger charge is -2.26. The van der Waals surface area contributed by atoms with Gasteiger partial charge in [-0.25, -0.2) is 4.79 Å². The van der Waals surface area contributed by atoms with E-state index in [9.17, 15) is 34.5 Å². The van der Waals surface area contributed by atoms with Crippen molar-refractivity contribution in [1.29, 1.82) is 0 Å². The molecule has 0 aliphatic heterocycles. The van der Waals surface area contributed by atoms with Crippen LogP contribution in [0.2, 0.25) is 0 Å². The number of carboxylic acid groups (broad SMARTS) is 1. The molecule has 12 heteroatoms. The van der Waals surface area contributed by atoms with Crippen LogP contribution in [0.3, 0.4) is 0 Å². The number of phenols is 1. The maximum atomic E-state index is 13.5. The largest absolute Gasteiger partial charge is 0.508 e. The number of rotatable bonds is 16. The van der Waals surface area contributed by atoms with E-state index in [-0.39, 0.29) is 25.0 Å². The molecule has 2 aromatic rings. The van der Waals surface area contributed by atoms with Gasteiger partial charge in [-0.2, -0.15) is 0 Å². The van der Waals surface area contributed by atoms with Gasteiger partial charge in [0.2, 0.25) is 17.7 Å². The average molecular weight is 558 g/mol. The maximum Gasteiger partial charge on any atom is 0.326 e. The minimum absolute atomic E-state index is 0.0130. The molecule has 12 nitrogen and oxygen atoms in total. The minimum Gasteiger partial charge on any atom is -0.508 e. The fourth-order valence-electron chi connectivity index (χ4n) is 3.92. The van der Waals surface area contributed by atoms with Crippen LogP contribution in [0.25, 0.3) is 0 Å². The van der Waals surface area contributed by atoms with E-state index in [0.717, 1.165) is 0 Å². The topological polar surface area (TPSA) is 217 Å². The molecule has 0 saturated heterocycles. The van der Waals surface area contributed by atoms with Crippen LogP contribution in [0.4, 0.5) is 0 Å². The van der Waals surface area contributed by atoms with E-state index in [4.69, 9.17) is 11.5 Å². The number of aromatic hydroxyl groups is 1. The first-order chi connectivity index (χ1) is 19.0. The standard InChI is InChI=1S/C28H39N5O7/c1-17(34)24(30)27(38)33-23(16-19-10-12-20(35)13-11-19)26(37)32-22(15-18-7-3-2-4-8-18)25(36)31-21(28(39)40)9-5-6-14-29/h2-4,7-8,10-13,17,21-24,34-35H,5-6,9,14-16,29-30H2,1H3,(H,31,36)(H,32,37)(H,33,38)(H,39,40). The van der Waals surface area contributed by atoms with Crippen LogP contribution in [0.15, 0.2) is 54.6 Å². The molecular weight excluding hydrogens is 518 g/mol. The Labute approximate surface area is 233 Å². The second kappa shape index (κ2) is 16.2. The number of hydrogen-bond donors (Lipinski definition) is 8. The SMILES string of the molecule is CC(O)C(N)C(=O)NC(Cc1ccc(O)cc1)C(=O)NC(Cc1ccccc1)C(=O)NC(CCCCN)C(=O)O. The van der Waals surface area contributed by atoms with Crippen molar-refractivity contribution < 1.29 is 34.5 Å². The summed E-state index contributed by atoms with van der Waals surface area (Å²) in [5, 5.41) is 36.6. The number of carbonyl (C=O) groups is 4. The van der Waals surface area contributed by atoms with E-state index < -0.39 is 54.0 Å². The predicted octanol–water partition coefficient (Wildman–Crippen LogP) is -0.446. The number of nitrogens with two attached hydrogens (primary N) is 2. The maximum absolute atomic E-state index is 13.5. The van der Waals surface area contributed by atoms with Gasteiger partial charge in [0.25, 0.3) is 0 Å². The van der Waals surface area contributed by atoms with Crippen LogP contribution >= 0.6 is 0 Å². The van der Waals surface area contributed by atoms with Gasteiger partial charge in [0, 0.05) is 12.8 Å². The van der Waals surface area contributed by atoms with Gasteiger partial charge in [-0.1, -0.05) is 42.5 Å². The lowest BCUT2D eigenvalue weighted by atomic mass is 10.0. The molecule has 0 radical (unpaired) electrons. The average Bonchev–Trinajstić information content (AvgIpc) is 2.92. The minimum atomic E-state index is -1.30. The number of aliphatic carboxylic acids is 1. The van der Waals surface area contributed by atoms with E-state index in [1.165, 1.54) is 19.1 Å². The Morgan fingerprint density at radius 1 is 0.775 bits per heavy atom. The lowest BCUT2D eigenvalue weighted by Crippen LogP contribution is -2.59. The van der Waals surface area contributed by atoms with Gasteiger partial charge >= 0.3 is 5.97 Å². The number of nitrogens with one attached hydrogen (secondary N) is 3. The second-order valence-corrected chi connectivity index (χ2v) is 9.63. The van der Waals surface area contributed by atoms with E-state index in [1.54, 1.807) is 42.5 Å². The van der Waals surface area contributed by atoms with Crippen molar-refractivity contribution in [2.45, 2.75) is 69.3 Å². The zero-order valence-electron chi connectivity index (χ0n) is 22.5. The van der Waals surface area contributed by atoms with E-state index in [0.29, 0.717) is 30.5 Å². The van der Waals surface area contributed by atoms with Crippen molar-refractivity contribution in [1.82, 2.24) is 16.0 Å². The summed E-state index contributed by atoms with van der Waals surface area (Å²) in [6.07, 6.45) is 0.120. The first kappa shape index (κ1) is 32.2. The number of carbonyl (C=O) groups excluding carboxylic acids is 3. The molecule has 0 aliphatic carbocycles. The van der Waals surface area contributed by atoms with Gasteiger partial charge in [0.15, 0.2) is 0 Å². The fourth-order valence-corrected chi connectivity index (χ4v) is 3.92. The van der Waals surface area contributed by atoms with Gasteiger partial charge in [0.1, 0.15) is 29.9 Å². The number of amides is 3. The Morgan fingerprint density at radius 2 is 1.27 bits per heavy atom. The molecule has 40 heavy (non-hydrogen) atoms. The quantitative estimate of drug-likeness (QED) is 0.125. The number of aliphatic hydroxyl groups is 1. The zero-order valence-corrected chi connectivity index (χ0v) is 22.5. The third-order valence-corrected chi connectivity index (χ3v) is 6.31. The van der Waals surface area contributed by atoms with Crippen LogP contribution < -0.4 is 27.4 Å². The highest BCUT2D eigenvalue weighted by Gasteiger charge is 2.31. The molecule has 0 fully saturated rings. The molecule has 218 valence electrons. The molecule has 5 atom stereocenters. The third-order valence-electron chi connectivity index (χ3n) is 6.31. The highest BCUT2D eigenvalue weighted by atomic mass is 16.4. The zero-order chi connectivity index (χ0) is 29.7. The normalized spacial score (nSPS) is 14.7. The van der Waals surface area contributed by atoms with Crippen LogP contribution in [0.1, 0.15) is 37.3 Å². The lowest BCUT2D eigenvalue weighted by molar-refractivity contribution is -0.142. The molecule has 0 saturated carbocycles. The molecule has 0 heterocycles. The van der Waals surface area contributed by atoms with Gasteiger partial charge in [-0.3, -0.25) is 14.4 Å². The van der Waals surface area contributed by atoms with Crippen molar-refractivity contribution in [2.75, 3.05) is 6.54 Å². The fraction of sp³-hybridized carbons (Fsp3) is 0.429. The number of hydrogen-bond acceptors (Lipinski definition) is 8. The number of benzene rings is 2. The van der Waals surface area contributed by atoms with Gasteiger partial charge < -0.3 is 42.7 Å². The summed E-state index contributed by atoms with van der Waals surface area (Å²) in [6, 6.07) is 10.0. The van der Waals surface area contributed by atoms with E-state index >= 15 is 0 Å². The molecule has 2 rings (SSSR count). The van der Waals surface area contributed by atoms with Crippen LogP contribution in [-0.4, -0.2) is 75.8 Å². The summed E-state index contributed by atoms with van der Waals surface area (Å²) < 4.78 is 0. The van der Waals surface area contributed by atoms with Crippen LogP contribution in [0.5, 0.6) is 5.75 Å². The first-order valence-corrected chi connectivity index (χ1v) is 13.1. The number of aliphatic hydroxyl groups excluding tert-OH is 1.